The smallest absolute Gasteiger partial charge is 0.251 e. The molecule has 33 heavy (non-hydrogen) atoms. The number of nitrogens with zero attached hydrogens (tertiary/aromatic N) is 4. The van der Waals surface area contributed by atoms with Gasteiger partial charge in [-0.3, -0.25) is 14.5 Å². The molecular formula is C24H29N5O3S. The lowest BCUT2D eigenvalue weighted by Crippen LogP contribution is -2.36. The minimum absolute atomic E-state index is 0.153. The Morgan fingerprint density at radius 3 is 2.30 bits per heavy atom. The number of piperidine rings is 1. The average Bonchev–Trinajstić information content (AvgIpc) is 3.12. The van der Waals surface area contributed by atoms with Gasteiger partial charge < -0.3 is 5.32 Å². The topological polar surface area (TPSA) is 97.2 Å². The first-order valence-electron chi connectivity index (χ1n) is 11.2. The van der Waals surface area contributed by atoms with E-state index in [4.69, 9.17) is 0 Å². The third kappa shape index (κ3) is 5.15. The zero-order valence-electron chi connectivity index (χ0n) is 19.0. The fourth-order valence-electron chi connectivity index (χ4n) is 4.16. The number of nitrogens with one attached hydrogen (secondary N) is 1. The average molecular weight is 468 g/mol. The Morgan fingerprint density at radius 2 is 1.64 bits per heavy atom. The predicted molar refractivity (Wildman–Crippen MR) is 125 cm³/mol. The first-order chi connectivity index (χ1) is 15.9. The van der Waals surface area contributed by atoms with Crippen molar-refractivity contribution >= 4 is 15.9 Å². The Bertz CT molecular complexity index is 1210. The molecule has 1 saturated heterocycles. The molecule has 9 heteroatoms. The summed E-state index contributed by atoms with van der Waals surface area (Å²) in [6.07, 6.45) is 6.25. The Labute approximate surface area is 194 Å². The summed E-state index contributed by atoms with van der Waals surface area (Å²) in [5.74, 6) is -0.153. The summed E-state index contributed by atoms with van der Waals surface area (Å²) < 4.78 is 29.7. The van der Waals surface area contributed by atoms with Crippen molar-refractivity contribution in [1.82, 2.24) is 24.4 Å². The summed E-state index contributed by atoms with van der Waals surface area (Å²) in [5, 5.41) is 7.41. The highest BCUT2D eigenvalue weighted by Gasteiger charge is 2.31. The van der Waals surface area contributed by atoms with Gasteiger partial charge in [0, 0.05) is 37.6 Å². The molecular weight excluding hydrogens is 438 g/mol. The van der Waals surface area contributed by atoms with Crippen molar-refractivity contribution in [1.29, 1.82) is 0 Å². The molecule has 1 amide bonds. The molecule has 8 nitrogen and oxygen atoms in total. The van der Waals surface area contributed by atoms with Crippen molar-refractivity contribution in [3.8, 4) is 0 Å². The largest absolute Gasteiger partial charge is 0.348 e. The van der Waals surface area contributed by atoms with Crippen LogP contribution in [-0.2, 0) is 23.1 Å². The van der Waals surface area contributed by atoms with E-state index < -0.39 is 10.0 Å². The number of carbonyl (C=O) groups is 1. The van der Waals surface area contributed by atoms with Gasteiger partial charge in [-0.05, 0) is 62.1 Å². The highest BCUT2D eigenvalue weighted by Crippen LogP contribution is 2.26. The monoisotopic (exact) mass is 467 g/mol. The standard InChI is InChI=1S/C24H29N5O3S/c1-18-23(33(31,32)28-14-4-3-5-15-28)19(2)29(27-18)17-21-6-8-22(9-7-21)24(30)26-16-20-10-12-25-13-11-20/h6-13H,3-5,14-17H2,1-2H3,(H,26,30). The van der Waals surface area contributed by atoms with Gasteiger partial charge in [-0.15, -0.1) is 0 Å². The first-order valence-corrected chi connectivity index (χ1v) is 12.6. The summed E-state index contributed by atoms with van der Waals surface area (Å²) in [4.78, 5) is 16.7. The minimum Gasteiger partial charge on any atom is -0.348 e. The molecule has 2 aromatic heterocycles. The number of sulfonamides is 1. The summed E-state index contributed by atoms with van der Waals surface area (Å²) in [6.45, 7) is 5.55. The number of carbonyl (C=O) groups excluding carboxylic acids is 1. The van der Waals surface area contributed by atoms with Gasteiger partial charge in [-0.25, -0.2) is 8.42 Å². The van der Waals surface area contributed by atoms with E-state index in [0.29, 0.717) is 48.0 Å². The van der Waals surface area contributed by atoms with Gasteiger partial charge in [-0.1, -0.05) is 18.6 Å². The highest BCUT2D eigenvalue weighted by molar-refractivity contribution is 7.89. The van der Waals surface area contributed by atoms with Crippen LogP contribution in [0.5, 0.6) is 0 Å². The van der Waals surface area contributed by atoms with Gasteiger partial charge in [0.1, 0.15) is 4.90 Å². The molecule has 3 aromatic rings. The number of rotatable bonds is 7. The van der Waals surface area contributed by atoms with E-state index in [2.05, 4.69) is 15.4 Å². The third-order valence-electron chi connectivity index (χ3n) is 5.98. The molecule has 0 radical (unpaired) electrons. The van der Waals surface area contributed by atoms with Gasteiger partial charge in [0.25, 0.3) is 5.91 Å². The SMILES string of the molecule is Cc1nn(Cc2ccc(C(=O)NCc3ccncc3)cc2)c(C)c1S(=O)(=O)N1CCCCC1. The molecule has 4 rings (SSSR count). The van der Waals surface area contributed by atoms with E-state index in [-0.39, 0.29) is 5.91 Å². The van der Waals surface area contributed by atoms with Crippen LogP contribution in [0.15, 0.2) is 53.7 Å². The molecule has 0 bridgehead atoms. The molecule has 0 saturated carbocycles. The van der Waals surface area contributed by atoms with E-state index in [1.165, 1.54) is 0 Å². The van der Waals surface area contributed by atoms with Crippen molar-refractivity contribution in [2.45, 2.75) is 51.1 Å². The molecule has 1 aliphatic heterocycles. The normalized spacial score (nSPS) is 14.8. The Hall–Kier alpha value is -3.04. The Balaban J connectivity index is 1.45. The molecule has 0 unspecified atom stereocenters. The van der Waals surface area contributed by atoms with E-state index in [1.807, 2.05) is 24.3 Å². The second-order valence-electron chi connectivity index (χ2n) is 8.36. The number of aryl methyl sites for hydroxylation is 1. The number of benzene rings is 1. The van der Waals surface area contributed by atoms with Crippen LogP contribution >= 0.6 is 0 Å². The summed E-state index contributed by atoms with van der Waals surface area (Å²) >= 11 is 0. The zero-order chi connectivity index (χ0) is 23.4. The quantitative estimate of drug-likeness (QED) is 0.576. The van der Waals surface area contributed by atoms with Crippen molar-refractivity contribution < 1.29 is 13.2 Å². The van der Waals surface area contributed by atoms with Crippen LogP contribution in [-0.4, -0.2) is 46.5 Å². The molecule has 1 aromatic carbocycles. The fourth-order valence-corrected chi connectivity index (χ4v) is 6.05. The summed E-state index contributed by atoms with van der Waals surface area (Å²) in [5.41, 5.74) is 3.64. The van der Waals surface area contributed by atoms with Crippen LogP contribution in [0.3, 0.4) is 0 Å². The van der Waals surface area contributed by atoms with Crippen molar-refractivity contribution in [3.05, 3.63) is 76.9 Å². The molecule has 174 valence electrons. The second kappa shape index (κ2) is 9.84. The van der Waals surface area contributed by atoms with Crippen LogP contribution in [0, 0.1) is 13.8 Å². The van der Waals surface area contributed by atoms with Crippen molar-refractivity contribution in [2.75, 3.05) is 13.1 Å². The lowest BCUT2D eigenvalue weighted by atomic mass is 10.1. The Morgan fingerprint density at radius 1 is 0.970 bits per heavy atom. The number of pyridine rings is 1. The molecule has 0 spiro atoms. The van der Waals surface area contributed by atoms with Gasteiger partial charge in [0.05, 0.1) is 17.9 Å². The van der Waals surface area contributed by atoms with Crippen LogP contribution in [0.1, 0.15) is 52.1 Å². The highest BCUT2D eigenvalue weighted by atomic mass is 32.2. The van der Waals surface area contributed by atoms with E-state index in [1.54, 1.807) is 47.4 Å². The summed E-state index contributed by atoms with van der Waals surface area (Å²) in [6, 6.07) is 11.0. The third-order valence-corrected chi connectivity index (χ3v) is 8.13. The molecule has 0 atom stereocenters. The number of amides is 1. The molecule has 3 heterocycles. The van der Waals surface area contributed by atoms with Gasteiger partial charge in [0.2, 0.25) is 10.0 Å². The van der Waals surface area contributed by atoms with E-state index in [9.17, 15) is 13.2 Å². The van der Waals surface area contributed by atoms with Crippen molar-refractivity contribution in [2.24, 2.45) is 0 Å². The first kappa shape index (κ1) is 23.1. The van der Waals surface area contributed by atoms with Crippen LogP contribution in [0.2, 0.25) is 0 Å². The zero-order valence-corrected chi connectivity index (χ0v) is 19.8. The predicted octanol–water partition coefficient (Wildman–Crippen LogP) is 3.05. The number of hydrogen-bond acceptors (Lipinski definition) is 5. The molecule has 1 aliphatic rings. The minimum atomic E-state index is -3.55. The maximum atomic E-state index is 13.2. The van der Waals surface area contributed by atoms with Crippen LogP contribution in [0.25, 0.3) is 0 Å². The van der Waals surface area contributed by atoms with Gasteiger partial charge in [-0.2, -0.15) is 9.40 Å². The lowest BCUT2D eigenvalue weighted by molar-refractivity contribution is 0.0951. The van der Waals surface area contributed by atoms with Crippen LogP contribution in [0.4, 0.5) is 0 Å². The number of hydrogen-bond donors (Lipinski definition) is 1. The van der Waals surface area contributed by atoms with Crippen LogP contribution < -0.4 is 5.32 Å². The number of aromatic nitrogens is 3. The maximum absolute atomic E-state index is 13.2. The maximum Gasteiger partial charge on any atom is 0.251 e. The molecule has 1 N–H and O–H groups in total. The molecule has 1 fully saturated rings. The Kier molecular flexibility index (Phi) is 6.90. The van der Waals surface area contributed by atoms with E-state index >= 15 is 0 Å². The fraction of sp³-hybridized carbons (Fsp3) is 0.375. The van der Waals surface area contributed by atoms with E-state index in [0.717, 1.165) is 30.4 Å². The molecule has 0 aliphatic carbocycles. The van der Waals surface area contributed by atoms with Crippen molar-refractivity contribution in [3.63, 3.8) is 0 Å². The lowest BCUT2D eigenvalue weighted by Gasteiger charge is -2.26. The van der Waals surface area contributed by atoms with Gasteiger partial charge in [0.15, 0.2) is 0 Å². The van der Waals surface area contributed by atoms with Gasteiger partial charge >= 0.3 is 0 Å². The summed E-state index contributed by atoms with van der Waals surface area (Å²) in [7, 11) is -3.55. The second-order valence-corrected chi connectivity index (χ2v) is 10.2.